The van der Waals surface area contributed by atoms with Crippen molar-refractivity contribution in [2.45, 2.75) is 36.3 Å². The summed E-state index contributed by atoms with van der Waals surface area (Å²) in [4.78, 5) is 0. The Morgan fingerprint density at radius 3 is 2.44 bits per heavy atom. The summed E-state index contributed by atoms with van der Waals surface area (Å²) in [5.41, 5.74) is 1.22. The summed E-state index contributed by atoms with van der Waals surface area (Å²) < 4.78 is 0. The second kappa shape index (κ2) is 1.73. The quantitative estimate of drug-likeness (QED) is 0.429. The van der Waals surface area contributed by atoms with E-state index in [-0.39, 0.29) is 0 Å². The zero-order valence-electron chi connectivity index (χ0n) is 6.48. The molecule has 0 aromatic heterocycles. The molecule has 3 unspecified atom stereocenters. The summed E-state index contributed by atoms with van der Waals surface area (Å²) in [6, 6.07) is 0. The van der Waals surface area contributed by atoms with E-state index in [2.05, 4.69) is 0 Å². The van der Waals surface area contributed by atoms with Crippen LogP contribution in [0.15, 0.2) is 0 Å². The zero-order chi connectivity index (χ0) is 6.48. The van der Waals surface area contributed by atoms with E-state index >= 15 is 0 Å². The molecule has 2 saturated carbocycles. The third-order valence-corrected chi connectivity index (χ3v) is 8.67. The Labute approximate surface area is 63.3 Å². The summed E-state index contributed by atoms with van der Waals surface area (Å²) in [7, 11) is 2.98. The van der Waals surface area contributed by atoms with E-state index in [9.17, 15) is 0 Å². The van der Waals surface area contributed by atoms with Gasteiger partial charge in [-0.2, -0.15) is 0 Å². The third-order valence-electron chi connectivity index (χ3n) is 3.76. The van der Waals surface area contributed by atoms with Crippen molar-refractivity contribution in [3.05, 3.63) is 0 Å². The van der Waals surface area contributed by atoms with E-state index in [1.807, 2.05) is 0 Å². The average Bonchev–Trinajstić information content (AvgIpc) is 2.22. The molecule has 9 heavy (non-hydrogen) atoms. The molecule has 2 aliphatic carbocycles. The molecular weight excluding hydrogens is 140 g/mol. The Hall–Kier alpha value is 0.434. The van der Waals surface area contributed by atoms with Gasteiger partial charge < -0.3 is 0 Å². The summed E-state index contributed by atoms with van der Waals surface area (Å²) in [6.07, 6.45) is 6.45. The molecule has 52 valence electrons. The maximum atomic E-state index is 1.63. The molecule has 0 radical (unpaired) electrons. The molecule has 0 nitrogen and oxygen atoms in total. The van der Waals surface area contributed by atoms with Crippen molar-refractivity contribution in [3.63, 3.8) is 0 Å². The molecule has 0 amide bonds. The number of fused-ring (bicyclic) bond motifs is 2. The van der Waals surface area contributed by atoms with Crippen LogP contribution in [0.25, 0.3) is 0 Å². The van der Waals surface area contributed by atoms with Crippen LogP contribution in [0, 0.1) is 5.92 Å². The van der Waals surface area contributed by atoms with Crippen molar-refractivity contribution in [1.82, 2.24) is 0 Å². The third kappa shape index (κ3) is 0.760. The molecule has 2 aliphatic rings. The van der Waals surface area contributed by atoms with Crippen LogP contribution in [0.1, 0.15) is 25.7 Å². The molecular formula is C7H16Si2. The largest absolute Gasteiger partial charge is 0.0520 e. The van der Waals surface area contributed by atoms with E-state index in [0.29, 0.717) is 0 Å². The van der Waals surface area contributed by atoms with Crippen molar-refractivity contribution < 1.29 is 0 Å². The van der Waals surface area contributed by atoms with Crippen LogP contribution >= 0.6 is 0 Å². The normalized spacial score (nSPS) is 57.3. The van der Waals surface area contributed by atoms with Crippen LogP contribution < -0.4 is 0 Å². The fraction of sp³-hybridized carbons (Fsp3) is 1.00. The number of rotatable bonds is 0. The molecule has 0 N–H and O–H groups in total. The fourth-order valence-electron chi connectivity index (χ4n) is 2.83. The van der Waals surface area contributed by atoms with Gasteiger partial charge in [0.1, 0.15) is 0 Å². The predicted octanol–water partition coefficient (Wildman–Crippen LogP) is -0.132. The Balaban J connectivity index is 2.22. The predicted molar refractivity (Wildman–Crippen MR) is 48.3 cm³/mol. The second-order valence-corrected chi connectivity index (χ2v) is 7.79. The molecule has 2 heteroatoms. The minimum atomic E-state index is 0.969. The minimum absolute atomic E-state index is 0.969. The average molecular weight is 156 g/mol. The SMILES string of the molecule is [SiH3]C1CC2CCC1([SiH3])C2. The van der Waals surface area contributed by atoms with Gasteiger partial charge >= 0.3 is 0 Å². The van der Waals surface area contributed by atoms with E-state index in [0.717, 1.165) is 5.04 Å². The first-order valence-corrected chi connectivity index (χ1v) is 6.36. The maximum absolute atomic E-state index is 1.63. The smallest absolute Gasteiger partial charge is 0.0106 e. The Bertz CT molecular complexity index is 135. The molecule has 0 heterocycles. The van der Waals surface area contributed by atoms with Gasteiger partial charge in [0.15, 0.2) is 0 Å². The minimum Gasteiger partial charge on any atom is -0.0520 e. The summed E-state index contributed by atoms with van der Waals surface area (Å²) in [5, 5.41) is 0.969. The topological polar surface area (TPSA) is 0 Å². The molecule has 0 aromatic rings. The standard InChI is InChI=1S/C7H16Si2/c8-6-3-5-1-2-7(6,9)4-5/h5-6H,1-4H2,8-9H3. The van der Waals surface area contributed by atoms with Gasteiger partial charge in [0.2, 0.25) is 0 Å². The first-order chi connectivity index (χ1) is 4.21. The fourth-order valence-corrected chi connectivity index (χ4v) is 5.12. The highest BCUT2D eigenvalue weighted by molar-refractivity contribution is 6.24. The lowest BCUT2D eigenvalue weighted by Gasteiger charge is -2.27. The molecule has 2 bridgehead atoms. The lowest BCUT2D eigenvalue weighted by molar-refractivity contribution is 0.491. The van der Waals surface area contributed by atoms with Crippen LogP contribution in [0.5, 0.6) is 0 Å². The molecule has 0 aromatic carbocycles. The van der Waals surface area contributed by atoms with E-state index in [1.54, 1.807) is 25.7 Å². The number of hydrogen-bond acceptors (Lipinski definition) is 0. The van der Waals surface area contributed by atoms with Crippen LogP contribution in [-0.2, 0) is 0 Å². The molecule has 0 saturated heterocycles. The van der Waals surface area contributed by atoms with Gasteiger partial charge in [0, 0.05) is 20.5 Å². The highest BCUT2D eigenvalue weighted by Gasteiger charge is 2.45. The van der Waals surface area contributed by atoms with Crippen molar-refractivity contribution in [2.24, 2.45) is 5.92 Å². The van der Waals surface area contributed by atoms with E-state index in [1.165, 1.54) is 31.9 Å². The van der Waals surface area contributed by atoms with Gasteiger partial charge in [-0.05, 0) is 17.4 Å². The van der Waals surface area contributed by atoms with Gasteiger partial charge in [0.05, 0.1) is 0 Å². The molecule has 2 rings (SSSR count). The van der Waals surface area contributed by atoms with Gasteiger partial charge in [-0.15, -0.1) is 0 Å². The van der Waals surface area contributed by atoms with Crippen molar-refractivity contribution in [2.75, 3.05) is 0 Å². The van der Waals surface area contributed by atoms with Crippen LogP contribution in [0.4, 0.5) is 0 Å². The van der Waals surface area contributed by atoms with Gasteiger partial charge in [-0.1, -0.05) is 24.8 Å². The summed E-state index contributed by atoms with van der Waals surface area (Å²) in [6.45, 7) is 0. The second-order valence-electron chi connectivity index (χ2n) is 4.40. The first kappa shape index (κ1) is 6.16. The highest BCUT2D eigenvalue weighted by atomic mass is 28.2. The van der Waals surface area contributed by atoms with Crippen molar-refractivity contribution in [3.8, 4) is 0 Å². The number of hydrogen-bond donors (Lipinski definition) is 0. The lowest BCUT2D eigenvalue weighted by atomic mass is 9.99. The molecule has 2 fully saturated rings. The van der Waals surface area contributed by atoms with Crippen LogP contribution in [-0.4, -0.2) is 20.5 Å². The van der Waals surface area contributed by atoms with Crippen LogP contribution in [0.3, 0.4) is 0 Å². The molecule has 3 atom stereocenters. The van der Waals surface area contributed by atoms with E-state index in [4.69, 9.17) is 0 Å². The highest BCUT2D eigenvalue weighted by Crippen LogP contribution is 2.62. The Morgan fingerprint density at radius 2 is 2.22 bits per heavy atom. The van der Waals surface area contributed by atoms with Gasteiger partial charge in [-0.25, -0.2) is 0 Å². The summed E-state index contributed by atoms with van der Waals surface area (Å²) in [5.74, 6) is 1.19. The van der Waals surface area contributed by atoms with Gasteiger partial charge in [0.25, 0.3) is 0 Å². The first-order valence-electron chi connectivity index (χ1n) is 4.21. The Morgan fingerprint density at radius 1 is 1.44 bits per heavy atom. The Kier molecular flexibility index (Phi) is 1.18. The monoisotopic (exact) mass is 156 g/mol. The van der Waals surface area contributed by atoms with Crippen molar-refractivity contribution >= 4 is 20.5 Å². The lowest BCUT2D eigenvalue weighted by Crippen LogP contribution is -2.13. The summed E-state index contributed by atoms with van der Waals surface area (Å²) >= 11 is 0. The van der Waals surface area contributed by atoms with Crippen molar-refractivity contribution in [1.29, 1.82) is 0 Å². The maximum Gasteiger partial charge on any atom is 0.0106 e. The van der Waals surface area contributed by atoms with Gasteiger partial charge in [-0.3, -0.25) is 0 Å². The molecule has 0 spiro atoms. The van der Waals surface area contributed by atoms with Crippen LogP contribution in [0.2, 0.25) is 10.6 Å². The van der Waals surface area contributed by atoms with E-state index < -0.39 is 0 Å². The molecule has 0 aliphatic heterocycles. The zero-order valence-corrected chi connectivity index (χ0v) is 10.5.